The van der Waals surface area contributed by atoms with Crippen molar-refractivity contribution in [2.24, 2.45) is 0 Å². The van der Waals surface area contributed by atoms with E-state index >= 15 is 0 Å². The van der Waals surface area contributed by atoms with Crippen LogP contribution in [0.25, 0.3) is 11.5 Å². The molecule has 0 amide bonds. The third kappa shape index (κ3) is 4.30. The molecule has 0 bridgehead atoms. The Morgan fingerprint density at radius 3 is 2.68 bits per heavy atom. The maximum atomic E-state index is 5.61. The van der Waals surface area contributed by atoms with Gasteiger partial charge in [0.05, 0.1) is 23.7 Å². The van der Waals surface area contributed by atoms with Crippen molar-refractivity contribution in [1.29, 1.82) is 0 Å². The van der Waals surface area contributed by atoms with Gasteiger partial charge < -0.3 is 9.64 Å². The normalized spacial score (nSPS) is 10.9. The predicted molar refractivity (Wildman–Crippen MR) is 100 cm³/mol. The third-order valence-corrected chi connectivity index (χ3v) is 4.18. The van der Waals surface area contributed by atoms with Crippen molar-refractivity contribution >= 4 is 17.2 Å². The summed E-state index contributed by atoms with van der Waals surface area (Å²) in [4.78, 5) is 15.5. The van der Waals surface area contributed by atoms with Crippen LogP contribution in [0.15, 0.2) is 36.7 Å². The van der Waals surface area contributed by atoms with E-state index in [9.17, 15) is 0 Å². The molecule has 0 aliphatic carbocycles. The van der Waals surface area contributed by atoms with E-state index in [1.54, 1.807) is 12.4 Å². The lowest BCUT2D eigenvalue weighted by atomic mass is 10.2. The summed E-state index contributed by atoms with van der Waals surface area (Å²) in [6.07, 6.45) is 4.29. The first-order chi connectivity index (χ1) is 12.0. The smallest absolute Gasteiger partial charge is 0.191 e. The first-order valence-corrected chi connectivity index (χ1v) is 8.87. The Kier molecular flexibility index (Phi) is 5.23. The average Bonchev–Trinajstić information content (AvgIpc) is 3.04. The number of anilines is 1. The summed E-state index contributed by atoms with van der Waals surface area (Å²) in [7, 11) is 4.02. The number of aromatic nitrogens is 4. The summed E-state index contributed by atoms with van der Waals surface area (Å²) in [6, 6.07) is 7.77. The van der Waals surface area contributed by atoms with Crippen LogP contribution in [0, 0.1) is 0 Å². The van der Waals surface area contributed by atoms with Gasteiger partial charge in [0.1, 0.15) is 16.5 Å². The molecular weight excluding hydrogens is 334 g/mol. The molecule has 25 heavy (non-hydrogen) atoms. The zero-order valence-corrected chi connectivity index (χ0v) is 15.6. The van der Waals surface area contributed by atoms with Gasteiger partial charge in [0, 0.05) is 26.7 Å². The Labute approximate surface area is 151 Å². The molecule has 0 atom stereocenters. The van der Waals surface area contributed by atoms with Crippen LogP contribution in [0.5, 0.6) is 5.75 Å². The Bertz CT molecular complexity index is 829. The molecule has 6 nitrogen and oxygen atoms in total. The molecule has 3 aromatic rings. The fourth-order valence-corrected chi connectivity index (χ4v) is 3.06. The predicted octanol–water partition coefficient (Wildman–Crippen LogP) is 3.44. The van der Waals surface area contributed by atoms with E-state index in [0.717, 1.165) is 27.8 Å². The highest BCUT2D eigenvalue weighted by Crippen LogP contribution is 2.23. The highest BCUT2D eigenvalue weighted by Gasteiger charge is 2.12. The molecule has 7 heteroatoms. The van der Waals surface area contributed by atoms with E-state index in [0.29, 0.717) is 12.2 Å². The zero-order valence-electron chi connectivity index (χ0n) is 14.8. The Hall–Kier alpha value is -2.54. The molecule has 0 aliphatic heterocycles. The van der Waals surface area contributed by atoms with Crippen LogP contribution < -0.4 is 9.64 Å². The first-order valence-electron chi connectivity index (χ1n) is 8.10. The van der Waals surface area contributed by atoms with Gasteiger partial charge in [-0.15, -0.1) is 0 Å². The largest absolute Gasteiger partial charge is 0.489 e. The van der Waals surface area contributed by atoms with Crippen molar-refractivity contribution < 1.29 is 4.74 Å². The van der Waals surface area contributed by atoms with Gasteiger partial charge in [-0.25, -0.2) is 9.97 Å². The molecule has 0 unspecified atom stereocenters. The summed E-state index contributed by atoms with van der Waals surface area (Å²) in [5, 5.41) is 0.918. The maximum absolute atomic E-state index is 5.61. The van der Waals surface area contributed by atoms with Crippen molar-refractivity contribution in [3.8, 4) is 17.3 Å². The summed E-state index contributed by atoms with van der Waals surface area (Å²) in [6.45, 7) is 3.98. The highest BCUT2D eigenvalue weighted by atomic mass is 32.1. The third-order valence-electron chi connectivity index (χ3n) is 3.47. The van der Waals surface area contributed by atoms with Crippen molar-refractivity contribution in [2.75, 3.05) is 19.0 Å². The topological polar surface area (TPSA) is 64.0 Å². The minimum Gasteiger partial charge on any atom is -0.489 e. The lowest BCUT2D eigenvalue weighted by Crippen LogP contribution is -2.12. The number of hydrogen-bond donors (Lipinski definition) is 0. The van der Waals surface area contributed by atoms with Crippen LogP contribution in [-0.2, 0) is 6.42 Å². The molecule has 0 radical (unpaired) electrons. The Balaban J connectivity index is 1.77. The number of rotatable bonds is 6. The molecule has 0 N–H and O–H groups in total. The molecule has 0 saturated carbocycles. The van der Waals surface area contributed by atoms with E-state index in [2.05, 4.69) is 30.3 Å². The van der Waals surface area contributed by atoms with Gasteiger partial charge in [-0.3, -0.25) is 4.98 Å². The number of hydrogen-bond acceptors (Lipinski definition) is 7. The van der Waals surface area contributed by atoms with Crippen molar-refractivity contribution in [2.45, 2.75) is 26.4 Å². The van der Waals surface area contributed by atoms with Crippen LogP contribution in [0.3, 0.4) is 0 Å². The van der Waals surface area contributed by atoms with E-state index in [1.807, 2.05) is 46.1 Å². The van der Waals surface area contributed by atoms with Gasteiger partial charge in [0.2, 0.25) is 0 Å². The molecule has 130 valence electrons. The van der Waals surface area contributed by atoms with Gasteiger partial charge in [0.25, 0.3) is 0 Å². The van der Waals surface area contributed by atoms with Crippen molar-refractivity contribution in [1.82, 2.24) is 19.3 Å². The molecule has 3 aromatic heterocycles. The quantitative estimate of drug-likeness (QED) is 0.675. The highest BCUT2D eigenvalue weighted by molar-refractivity contribution is 7.05. The maximum Gasteiger partial charge on any atom is 0.191 e. The number of nitrogens with zero attached hydrogens (tertiary/aromatic N) is 5. The SMILES string of the molecule is CC(C)Oc1ccc(-c2nsc(Cc3ncccc3N(C)C)n2)nc1. The van der Waals surface area contributed by atoms with Crippen LogP contribution in [-0.4, -0.2) is 39.5 Å². The lowest BCUT2D eigenvalue weighted by molar-refractivity contribution is 0.241. The minimum absolute atomic E-state index is 0.126. The second-order valence-corrected chi connectivity index (χ2v) is 6.93. The molecule has 0 aliphatic rings. The molecule has 3 rings (SSSR count). The van der Waals surface area contributed by atoms with Crippen molar-refractivity contribution in [3.63, 3.8) is 0 Å². The fraction of sp³-hybridized carbons (Fsp3) is 0.333. The second-order valence-electron chi connectivity index (χ2n) is 6.10. The van der Waals surface area contributed by atoms with E-state index in [-0.39, 0.29) is 6.10 Å². The van der Waals surface area contributed by atoms with Crippen LogP contribution >= 0.6 is 11.5 Å². The Morgan fingerprint density at radius 1 is 1.16 bits per heavy atom. The van der Waals surface area contributed by atoms with Crippen LogP contribution in [0.2, 0.25) is 0 Å². The Morgan fingerprint density at radius 2 is 2.00 bits per heavy atom. The van der Waals surface area contributed by atoms with Gasteiger partial charge >= 0.3 is 0 Å². The first kappa shape index (κ1) is 17.3. The summed E-state index contributed by atoms with van der Waals surface area (Å²) < 4.78 is 10.0. The summed E-state index contributed by atoms with van der Waals surface area (Å²) in [5.41, 5.74) is 2.82. The molecule has 0 saturated heterocycles. The monoisotopic (exact) mass is 355 g/mol. The van der Waals surface area contributed by atoms with E-state index < -0.39 is 0 Å². The lowest BCUT2D eigenvalue weighted by Gasteiger charge is -2.15. The molecule has 0 fully saturated rings. The minimum atomic E-state index is 0.126. The van der Waals surface area contributed by atoms with Crippen LogP contribution in [0.4, 0.5) is 5.69 Å². The average molecular weight is 355 g/mol. The second kappa shape index (κ2) is 7.57. The summed E-state index contributed by atoms with van der Waals surface area (Å²) >= 11 is 1.38. The standard InChI is InChI=1S/C18H21N5OS/c1-12(2)24-13-7-8-14(20-11-13)18-21-17(25-22-18)10-15-16(23(3)4)6-5-9-19-15/h5-9,11-12H,10H2,1-4H3. The molecular formula is C18H21N5OS. The summed E-state index contributed by atoms with van der Waals surface area (Å²) in [5.74, 6) is 1.39. The number of pyridine rings is 2. The molecule has 3 heterocycles. The number of ether oxygens (including phenoxy) is 1. The van der Waals surface area contributed by atoms with E-state index in [1.165, 1.54) is 11.5 Å². The van der Waals surface area contributed by atoms with Gasteiger partial charge in [-0.1, -0.05) is 0 Å². The van der Waals surface area contributed by atoms with Gasteiger partial charge in [-0.05, 0) is 49.6 Å². The van der Waals surface area contributed by atoms with Gasteiger partial charge in [-0.2, -0.15) is 4.37 Å². The van der Waals surface area contributed by atoms with Crippen LogP contribution in [0.1, 0.15) is 24.5 Å². The zero-order chi connectivity index (χ0) is 17.8. The molecule has 0 spiro atoms. The van der Waals surface area contributed by atoms with E-state index in [4.69, 9.17) is 4.74 Å². The van der Waals surface area contributed by atoms with Crippen molar-refractivity contribution in [3.05, 3.63) is 47.4 Å². The fourth-order valence-electron chi connectivity index (χ4n) is 2.40. The molecule has 0 aromatic carbocycles. The van der Waals surface area contributed by atoms with Gasteiger partial charge in [0.15, 0.2) is 5.82 Å².